The molecule has 4 nitrogen and oxygen atoms in total. The molecule has 0 heterocycles. The summed E-state index contributed by atoms with van der Waals surface area (Å²) in [6, 6.07) is 0. The third kappa shape index (κ3) is 5.42. The van der Waals surface area contributed by atoms with Crippen LogP contribution in [0.1, 0.15) is 79.6 Å². The Hall–Kier alpha value is -1.20. The smallest absolute Gasteiger partial charge is 0.0841 e. The number of fused-ring (bicyclic) bond motifs is 1. The van der Waals surface area contributed by atoms with E-state index >= 15 is 0 Å². The van der Waals surface area contributed by atoms with E-state index in [1.165, 1.54) is 11.1 Å². The predicted octanol–water partition coefficient (Wildman–Crippen LogP) is 5.00. The normalized spacial score (nSPS) is 34.9. The summed E-state index contributed by atoms with van der Waals surface area (Å²) in [6.45, 7) is 14.9. The molecule has 174 valence electrons. The Morgan fingerprint density at radius 3 is 2.61 bits per heavy atom. The largest absolute Gasteiger partial charge is 0.393 e. The van der Waals surface area contributed by atoms with Crippen molar-refractivity contribution in [1.82, 2.24) is 0 Å². The Morgan fingerprint density at radius 1 is 1.23 bits per heavy atom. The van der Waals surface area contributed by atoms with Crippen LogP contribution >= 0.6 is 0 Å². The topological polar surface area (TPSA) is 69.9 Å². The van der Waals surface area contributed by atoms with Crippen LogP contribution in [-0.2, 0) is 4.74 Å². The molecule has 0 aromatic carbocycles. The number of aliphatic hydroxyl groups is 3. The van der Waals surface area contributed by atoms with Gasteiger partial charge in [-0.1, -0.05) is 37.3 Å². The zero-order chi connectivity index (χ0) is 23.0. The zero-order valence-electron chi connectivity index (χ0n) is 20.1. The molecule has 0 aromatic heterocycles. The number of hydrogen-bond donors (Lipinski definition) is 3. The summed E-state index contributed by atoms with van der Waals surface area (Å²) < 4.78 is 6.30. The fraction of sp³-hybridized carbons (Fsp3) is 0.704. The van der Waals surface area contributed by atoms with Gasteiger partial charge in [0.25, 0.3) is 0 Å². The first-order chi connectivity index (χ1) is 14.3. The summed E-state index contributed by atoms with van der Waals surface area (Å²) in [5.74, 6) is 0.456. The van der Waals surface area contributed by atoms with E-state index in [1.54, 1.807) is 0 Å². The highest BCUT2D eigenvalue weighted by Crippen LogP contribution is 2.57. The maximum Gasteiger partial charge on any atom is 0.0841 e. The molecule has 3 aliphatic rings. The summed E-state index contributed by atoms with van der Waals surface area (Å²) in [5.41, 5.74) is 3.53. The van der Waals surface area contributed by atoms with E-state index in [9.17, 15) is 15.3 Å². The third-order valence-corrected chi connectivity index (χ3v) is 7.64. The number of hydrogen-bond acceptors (Lipinski definition) is 4. The van der Waals surface area contributed by atoms with E-state index in [2.05, 4.69) is 45.6 Å². The Labute approximate surface area is 188 Å². The van der Waals surface area contributed by atoms with Crippen LogP contribution < -0.4 is 0 Å². The molecule has 0 unspecified atom stereocenters. The SMILES string of the molecule is C=C1C(=CC=C2CCC[C@]3(C)C(C(C)(C)OCCC(C)(C)O)=CC[C@@H]23)C[C@@H](O)C[C@@H]1O. The maximum absolute atomic E-state index is 10.1. The maximum atomic E-state index is 10.1. The van der Waals surface area contributed by atoms with Gasteiger partial charge in [0.2, 0.25) is 0 Å². The second kappa shape index (κ2) is 8.97. The van der Waals surface area contributed by atoms with Gasteiger partial charge in [0, 0.05) is 6.42 Å². The van der Waals surface area contributed by atoms with Crippen LogP contribution in [-0.4, -0.2) is 45.3 Å². The summed E-state index contributed by atoms with van der Waals surface area (Å²) in [5, 5.41) is 30.2. The number of ether oxygens (including phenoxy) is 1. The molecule has 2 saturated carbocycles. The minimum atomic E-state index is -0.717. The van der Waals surface area contributed by atoms with Gasteiger partial charge in [-0.15, -0.1) is 0 Å². The highest BCUT2D eigenvalue weighted by atomic mass is 16.5. The highest BCUT2D eigenvalue weighted by molar-refractivity contribution is 5.41. The highest BCUT2D eigenvalue weighted by Gasteiger charge is 2.49. The van der Waals surface area contributed by atoms with Gasteiger partial charge in [0.15, 0.2) is 0 Å². The number of rotatable bonds is 6. The Balaban J connectivity index is 1.76. The lowest BCUT2D eigenvalue weighted by Crippen LogP contribution is -2.40. The second-order valence-corrected chi connectivity index (χ2v) is 11.2. The van der Waals surface area contributed by atoms with Gasteiger partial charge >= 0.3 is 0 Å². The molecular formula is C27H42O4. The van der Waals surface area contributed by atoms with Crippen molar-refractivity contribution in [3.8, 4) is 0 Å². The number of allylic oxidation sites excluding steroid dienone is 4. The molecule has 0 aromatic rings. The van der Waals surface area contributed by atoms with Gasteiger partial charge in [-0.3, -0.25) is 0 Å². The second-order valence-electron chi connectivity index (χ2n) is 11.2. The van der Waals surface area contributed by atoms with Crippen LogP contribution in [0.15, 0.2) is 47.1 Å². The molecule has 0 aliphatic heterocycles. The van der Waals surface area contributed by atoms with Crippen LogP contribution in [0.3, 0.4) is 0 Å². The van der Waals surface area contributed by atoms with Crippen molar-refractivity contribution in [3.63, 3.8) is 0 Å². The lowest BCUT2D eigenvalue weighted by Gasteiger charge is -2.45. The quantitative estimate of drug-likeness (QED) is 0.519. The van der Waals surface area contributed by atoms with Crippen molar-refractivity contribution in [2.45, 2.75) is 103 Å². The molecule has 0 spiro atoms. The molecule has 4 atom stereocenters. The lowest BCUT2D eigenvalue weighted by atomic mass is 9.62. The zero-order valence-corrected chi connectivity index (χ0v) is 20.1. The van der Waals surface area contributed by atoms with E-state index < -0.39 is 17.8 Å². The van der Waals surface area contributed by atoms with Gasteiger partial charge in [-0.25, -0.2) is 0 Å². The van der Waals surface area contributed by atoms with E-state index in [0.29, 0.717) is 31.8 Å². The van der Waals surface area contributed by atoms with Crippen molar-refractivity contribution < 1.29 is 20.1 Å². The average Bonchev–Trinajstić information content (AvgIpc) is 3.00. The van der Waals surface area contributed by atoms with E-state index in [1.807, 2.05) is 13.8 Å². The Kier molecular flexibility index (Phi) is 7.08. The molecule has 3 rings (SSSR count). The Morgan fingerprint density at radius 2 is 1.94 bits per heavy atom. The van der Waals surface area contributed by atoms with Crippen molar-refractivity contribution in [1.29, 1.82) is 0 Å². The number of aliphatic hydroxyl groups excluding tert-OH is 2. The third-order valence-electron chi connectivity index (χ3n) is 7.64. The molecule has 3 aliphatic carbocycles. The monoisotopic (exact) mass is 430 g/mol. The minimum Gasteiger partial charge on any atom is -0.393 e. The van der Waals surface area contributed by atoms with Gasteiger partial charge in [-0.2, -0.15) is 0 Å². The van der Waals surface area contributed by atoms with E-state index in [-0.39, 0.29) is 11.0 Å². The van der Waals surface area contributed by atoms with Crippen LogP contribution in [0.2, 0.25) is 0 Å². The van der Waals surface area contributed by atoms with Crippen LogP contribution in [0, 0.1) is 11.3 Å². The average molecular weight is 431 g/mol. The van der Waals surface area contributed by atoms with Crippen LogP contribution in [0.25, 0.3) is 0 Å². The van der Waals surface area contributed by atoms with Crippen molar-refractivity contribution in [3.05, 3.63) is 47.1 Å². The van der Waals surface area contributed by atoms with E-state index in [0.717, 1.165) is 36.8 Å². The molecule has 31 heavy (non-hydrogen) atoms. The first-order valence-corrected chi connectivity index (χ1v) is 11.9. The summed E-state index contributed by atoms with van der Waals surface area (Å²) in [7, 11) is 0. The summed E-state index contributed by atoms with van der Waals surface area (Å²) >= 11 is 0. The van der Waals surface area contributed by atoms with Gasteiger partial charge < -0.3 is 20.1 Å². The molecule has 2 fully saturated rings. The molecular weight excluding hydrogens is 388 g/mol. The molecule has 4 heteroatoms. The van der Waals surface area contributed by atoms with Crippen molar-refractivity contribution in [2.24, 2.45) is 11.3 Å². The predicted molar refractivity (Wildman–Crippen MR) is 126 cm³/mol. The minimum absolute atomic E-state index is 0.0728. The van der Waals surface area contributed by atoms with Crippen LogP contribution in [0.5, 0.6) is 0 Å². The standard InChI is InChI=1S/C27H42O4/c1-18-20(16-21(28)17-23(18)29)10-9-19-8-7-13-27(6)22(19)11-12-24(27)26(4,5)31-15-14-25(2,3)30/h9-10,12,21-23,28-30H,1,7-8,11,13-17H2,2-6H3/t21-,22+,23+,27+/m1/s1. The fourth-order valence-electron chi connectivity index (χ4n) is 5.85. The molecule has 3 N–H and O–H groups in total. The first-order valence-electron chi connectivity index (χ1n) is 11.9. The van der Waals surface area contributed by atoms with E-state index in [4.69, 9.17) is 4.74 Å². The van der Waals surface area contributed by atoms with Gasteiger partial charge in [0.1, 0.15) is 0 Å². The Bertz CT molecular complexity index is 780. The molecule has 0 radical (unpaired) electrons. The first kappa shape index (κ1) is 24.4. The summed E-state index contributed by atoms with van der Waals surface area (Å²) in [4.78, 5) is 0. The molecule has 0 saturated heterocycles. The summed E-state index contributed by atoms with van der Waals surface area (Å²) in [6.07, 6.45) is 11.5. The van der Waals surface area contributed by atoms with Gasteiger partial charge in [0.05, 0.1) is 30.0 Å². The molecule has 0 amide bonds. The van der Waals surface area contributed by atoms with Crippen LogP contribution in [0.4, 0.5) is 0 Å². The van der Waals surface area contributed by atoms with Crippen molar-refractivity contribution >= 4 is 0 Å². The lowest BCUT2D eigenvalue weighted by molar-refractivity contribution is -0.0375. The van der Waals surface area contributed by atoms with Gasteiger partial charge in [-0.05, 0) is 94.3 Å². The van der Waals surface area contributed by atoms with Crippen molar-refractivity contribution in [2.75, 3.05) is 6.61 Å². The fourth-order valence-corrected chi connectivity index (χ4v) is 5.85. The molecule has 0 bridgehead atoms.